The molecule has 0 aromatic rings. The molecule has 3 heteroatoms. The molecule has 1 N–H and O–H groups in total. The highest BCUT2D eigenvalue weighted by Gasteiger charge is 2.29. The topological polar surface area (TPSA) is 38.3 Å². The standard InChI is InChI=1S/C11H21NO2/c1-12-8-10(11(13)14-2)9-6-4-3-5-7-9/h9-10,12H,3-8H2,1-2H3. The fourth-order valence-electron chi connectivity index (χ4n) is 2.35. The summed E-state index contributed by atoms with van der Waals surface area (Å²) >= 11 is 0. The molecule has 0 aromatic carbocycles. The van der Waals surface area contributed by atoms with Crippen molar-refractivity contribution in [3.63, 3.8) is 0 Å². The van der Waals surface area contributed by atoms with E-state index in [0.29, 0.717) is 5.92 Å². The third-order valence-corrected chi connectivity index (χ3v) is 3.15. The second kappa shape index (κ2) is 6.02. The van der Waals surface area contributed by atoms with Crippen LogP contribution >= 0.6 is 0 Å². The van der Waals surface area contributed by atoms with Gasteiger partial charge in [0.2, 0.25) is 0 Å². The van der Waals surface area contributed by atoms with E-state index >= 15 is 0 Å². The second-order valence-electron chi connectivity index (χ2n) is 4.09. The van der Waals surface area contributed by atoms with Crippen molar-refractivity contribution in [2.75, 3.05) is 20.7 Å². The summed E-state index contributed by atoms with van der Waals surface area (Å²) in [7, 11) is 3.37. The quantitative estimate of drug-likeness (QED) is 0.698. The zero-order chi connectivity index (χ0) is 10.4. The summed E-state index contributed by atoms with van der Waals surface area (Å²) in [5.74, 6) is 0.542. The van der Waals surface area contributed by atoms with Crippen molar-refractivity contribution in [1.29, 1.82) is 0 Å². The molecule has 0 aromatic heterocycles. The first kappa shape index (κ1) is 11.5. The molecular formula is C11H21NO2. The molecule has 1 rings (SSSR count). The lowest BCUT2D eigenvalue weighted by atomic mass is 9.80. The third-order valence-electron chi connectivity index (χ3n) is 3.15. The molecule has 0 aliphatic heterocycles. The number of methoxy groups -OCH3 is 1. The maximum Gasteiger partial charge on any atom is 0.310 e. The van der Waals surface area contributed by atoms with Gasteiger partial charge in [-0.25, -0.2) is 0 Å². The Balaban J connectivity index is 2.50. The van der Waals surface area contributed by atoms with Crippen LogP contribution in [-0.4, -0.2) is 26.7 Å². The lowest BCUT2D eigenvalue weighted by molar-refractivity contribution is -0.147. The zero-order valence-corrected chi connectivity index (χ0v) is 9.21. The molecule has 82 valence electrons. The van der Waals surface area contributed by atoms with Gasteiger partial charge < -0.3 is 10.1 Å². The first-order valence-electron chi connectivity index (χ1n) is 5.52. The van der Waals surface area contributed by atoms with E-state index in [1.165, 1.54) is 39.2 Å². The molecule has 1 unspecified atom stereocenters. The Morgan fingerprint density at radius 2 is 2.07 bits per heavy atom. The molecule has 0 amide bonds. The minimum Gasteiger partial charge on any atom is -0.469 e. The molecule has 0 spiro atoms. The first-order chi connectivity index (χ1) is 6.79. The summed E-state index contributed by atoms with van der Waals surface area (Å²) in [6.45, 7) is 0.747. The highest BCUT2D eigenvalue weighted by molar-refractivity contribution is 5.72. The van der Waals surface area contributed by atoms with Crippen LogP contribution in [0.4, 0.5) is 0 Å². The molecule has 1 aliphatic carbocycles. The molecule has 3 nitrogen and oxygen atoms in total. The van der Waals surface area contributed by atoms with E-state index in [-0.39, 0.29) is 11.9 Å². The fourth-order valence-corrected chi connectivity index (χ4v) is 2.35. The van der Waals surface area contributed by atoms with Crippen LogP contribution in [0.3, 0.4) is 0 Å². The van der Waals surface area contributed by atoms with Gasteiger partial charge in [-0.05, 0) is 25.8 Å². The molecule has 1 fully saturated rings. The zero-order valence-electron chi connectivity index (χ0n) is 9.21. The summed E-state index contributed by atoms with van der Waals surface area (Å²) in [5, 5.41) is 3.08. The van der Waals surface area contributed by atoms with Gasteiger partial charge in [0.15, 0.2) is 0 Å². The first-order valence-corrected chi connectivity index (χ1v) is 5.52. The number of esters is 1. The van der Waals surface area contributed by atoms with E-state index in [1.54, 1.807) is 0 Å². The van der Waals surface area contributed by atoms with E-state index in [4.69, 9.17) is 4.74 Å². The number of ether oxygens (including phenoxy) is 1. The van der Waals surface area contributed by atoms with Gasteiger partial charge in [0.1, 0.15) is 0 Å². The maximum absolute atomic E-state index is 11.5. The number of hydrogen-bond acceptors (Lipinski definition) is 3. The van der Waals surface area contributed by atoms with E-state index in [0.717, 1.165) is 6.54 Å². The summed E-state index contributed by atoms with van der Waals surface area (Å²) in [4.78, 5) is 11.5. The fraction of sp³-hybridized carbons (Fsp3) is 0.909. The van der Waals surface area contributed by atoms with Crippen LogP contribution in [-0.2, 0) is 9.53 Å². The maximum atomic E-state index is 11.5. The van der Waals surface area contributed by atoms with Gasteiger partial charge in [-0.3, -0.25) is 4.79 Å². The van der Waals surface area contributed by atoms with Crippen molar-refractivity contribution in [2.24, 2.45) is 11.8 Å². The Kier molecular flexibility index (Phi) is 4.94. The van der Waals surface area contributed by atoms with Crippen LogP contribution in [0.2, 0.25) is 0 Å². The highest BCUT2D eigenvalue weighted by atomic mass is 16.5. The van der Waals surface area contributed by atoms with E-state index < -0.39 is 0 Å². The van der Waals surface area contributed by atoms with E-state index in [2.05, 4.69) is 5.32 Å². The Labute approximate surface area is 86.2 Å². The SMILES string of the molecule is CNCC(C(=O)OC)C1CCCCC1. The molecule has 1 atom stereocenters. The molecular weight excluding hydrogens is 178 g/mol. The summed E-state index contributed by atoms with van der Waals surface area (Å²) in [6.07, 6.45) is 6.22. The van der Waals surface area contributed by atoms with E-state index in [1.807, 2.05) is 7.05 Å². The summed E-state index contributed by atoms with van der Waals surface area (Å²) in [5.41, 5.74) is 0. The number of carbonyl (C=O) groups is 1. The normalized spacial score (nSPS) is 20.4. The number of rotatable bonds is 4. The number of nitrogens with one attached hydrogen (secondary N) is 1. The molecule has 0 heterocycles. The van der Waals surface area contributed by atoms with Gasteiger partial charge in [0.05, 0.1) is 13.0 Å². The average molecular weight is 199 g/mol. The summed E-state index contributed by atoms with van der Waals surface area (Å²) in [6, 6.07) is 0. The van der Waals surface area contributed by atoms with Crippen molar-refractivity contribution in [3.05, 3.63) is 0 Å². The number of carbonyl (C=O) groups excluding carboxylic acids is 1. The van der Waals surface area contributed by atoms with Crippen LogP contribution in [0.25, 0.3) is 0 Å². The van der Waals surface area contributed by atoms with Gasteiger partial charge in [-0.2, -0.15) is 0 Å². The third kappa shape index (κ3) is 2.98. The lowest BCUT2D eigenvalue weighted by Gasteiger charge is -2.28. The van der Waals surface area contributed by atoms with Crippen LogP contribution in [0, 0.1) is 11.8 Å². The average Bonchev–Trinajstić information content (AvgIpc) is 2.26. The molecule has 1 saturated carbocycles. The van der Waals surface area contributed by atoms with Crippen LogP contribution in [0.15, 0.2) is 0 Å². The molecule has 0 saturated heterocycles. The van der Waals surface area contributed by atoms with Crippen molar-refractivity contribution in [3.8, 4) is 0 Å². The molecule has 0 radical (unpaired) electrons. The Hall–Kier alpha value is -0.570. The van der Waals surface area contributed by atoms with Crippen molar-refractivity contribution < 1.29 is 9.53 Å². The van der Waals surface area contributed by atoms with Gasteiger partial charge in [0, 0.05) is 6.54 Å². The van der Waals surface area contributed by atoms with Crippen molar-refractivity contribution in [1.82, 2.24) is 5.32 Å². The van der Waals surface area contributed by atoms with Gasteiger partial charge >= 0.3 is 5.97 Å². The Bertz CT molecular complexity index is 176. The van der Waals surface area contributed by atoms with Crippen molar-refractivity contribution in [2.45, 2.75) is 32.1 Å². The predicted octanol–water partition coefficient (Wildman–Crippen LogP) is 1.58. The van der Waals surface area contributed by atoms with Crippen LogP contribution in [0.5, 0.6) is 0 Å². The van der Waals surface area contributed by atoms with Gasteiger partial charge in [-0.15, -0.1) is 0 Å². The van der Waals surface area contributed by atoms with Gasteiger partial charge in [-0.1, -0.05) is 19.3 Å². The Morgan fingerprint density at radius 1 is 1.43 bits per heavy atom. The highest BCUT2D eigenvalue weighted by Crippen LogP contribution is 2.30. The minimum absolute atomic E-state index is 0.0498. The largest absolute Gasteiger partial charge is 0.469 e. The monoisotopic (exact) mass is 199 g/mol. The van der Waals surface area contributed by atoms with Gasteiger partial charge in [0.25, 0.3) is 0 Å². The molecule has 1 aliphatic rings. The Morgan fingerprint density at radius 3 is 2.57 bits per heavy atom. The van der Waals surface area contributed by atoms with Crippen molar-refractivity contribution >= 4 is 5.97 Å². The smallest absolute Gasteiger partial charge is 0.310 e. The lowest BCUT2D eigenvalue weighted by Crippen LogP contribution is -2.34. The summed E-state index contributed by atoms with van der Waals surface area (Å²) < 4.78 is 4.84. The minimum atomic E-state index is -0.0498. The van der Waals surface area contributed by atoms with Crippen LogP contribution in [0.1, 0.15) is 32.1 Å². The number of hydrogen-bond donors (Lipinski definition) is 1. The molecule has 14 heavy (non-hydrogen) atoms. The predicted molar refractivity (Wildman–Crippen MR) is 56.0 cm³/mol. The van der Waals surface area contributed by atoms with Crippen LogP contribution < -0.4 is 5.32 Å². The second-order valence-corrected chi connectivity index (χ2v) is 4.09. The van der Waals surface area contributed by atoms with E-state index in [9.17, 15) is 4.79 Å². The molecule has 0 bridgehead atoms.